The number of rotatable bonds is 3. The second-order valence-electron chi connectivity index (χ2n) is 3.94. The minimum Gasteiger partial charge on any atom is -0.356 e. The zero-order valence-corrected chi connectivity index (χ0v) is 9.74. The fraction of sp³-hybridized carbons (Fsp3) is 0.0714. The number of anilines is 2. The summed E-state index contributed by atoms with van der Waals surface area (Å²) >= 11 is 0. The highest BCUT2D eigenvalue weighted by Gasteiger charge is 2.30. The summed E-state index contributed by atoms with van der Waals surface area (Å²) in [7, 11) is 0. The van der Waals surface area contributed by atoms with E-state index in [2.05, 4.69) is 5.32 Å². The van der Waals surface area contributed by atoms with E-state index in [4.69, 9.17) is 0 Å². The molecule has 0 aliphatic heterocycles. The third-order valence-electron chi connectivity index (χ3n) is 2.53. The largest absolute Gasteiger partial charge is 0.416 e. The molecule has 0 bridgehead atoms. The Morgan fingerprint density at radius 2 is 1.63 bits per heavy atom. The van der Waals surface area contributed by atoms with Gasteiger partial charge in [-0.05, 0) is 42.5 Å². The third-order valence-corrected chi connectivity index (χ3v) is 2.53. The number of hydrogen-bond donors (Lipinski definition) is 1. The van der Waals surface area contributed by atoms with Gasteiger partial charge in [-0.1, -0.05) is 6.07 Å². The van der Waals surface area contributed by atoms with Gasteiger partial charge in [-0.3, -0.25) is 4.79 Å². The predicted molar refractivity (Wildman–Crippen MR) is 66.6 cm³/mol. The molecule has 0 amide bonds. The van der Waals surface area contributed by atoms with Crippen LogP contribution in [-0.4, -0.2) is 6.29 Å². The molecular weight excluding hydrogens is 255 g/mol. The molecule has 5 heteroatoms. The lowest BCUT2D eigenvalue weighted by atomic mass is 10.2. The van der Waals surface area contributed by atoms with Gasteiger partial charge in [0.05, 0.1) is 5.56 Å². The van der Waals surface area contributed by atoms with E-state index < -0.39 is 11.7 Å². The van der Waals surface area contributed by atoms with Crippen LogP contribution in [0, 0.1) is 0 Å². The van der Waals surface area contributed by atoms with Crippen LogP contribution >= 0.6 is 0 Å². The highest BCUT2D eigenvalue weighted by Crippen LogP contribution is 2.31. The third kappa shape index (κ3) is 3.34. The summed E-state index contributed by atoms with van der Waals surface area (Å²) in [5.74, 6) is 0. The molecule has 2 rings (SSSR count). The Labute approximate surface area is 107 Å². The van der Waals surface area contributed by atoms with Crippen LogP contribution in [0.15, 0.2) is 48.5 Å². The molecule has 0 radical (unpaired) electrons. The molecular formula is C14H10F3NO. The average molecular weight is 265 g/mol. The Morgan fingerprint density at radius 3 is 2.21 bits per heavy atom. The zero-order valence-electron chi connectivity index (χ0n) is 9.74. The first-order valence-corrected chi connectivity index (χ1v) is 5.48. The van der Waals surface area contributed by atoms with Crippen molar-refractivity contribution in [3.8, 4) is 0 Å². The smallest absolute Gasteiger partial charge is 0.356 e. The maximum atomic E-state index is 12.5. The van der Waals surface area contributed by atoms with Crippen molar-refractivity contribution in [1.82, 2.24) is 0 Å². The van der Waals surface area contributed by atoms with Crippen molar-refractivity contribution < 1.29 is 18.0 Å². The van der Waals surface area contributed by atoms with E-state index in [-0.39, 0.29) is 0 Å². The Kier molecular flexibility index (Phi) is 3.55. The standard InChI is InChI=1S/C14H10F3NO/c15-14(16,17)11-2-1-3-13(8-11)18-12-6-4-10(9-19)5-7-12/h1-9,18H. The Balaban J connectivity index is 2.20. The quantitative estimate of drug-likeness (QED) is 0.840. The highest BCUT2D eigenvalue weighted by molar-refractivity contribution is 5.76. The lowest BCUT2D eigenvalue weighted by Gasteiger charge is -2.10. The summed E-state index contributed by atoms with van der Waals surface area (Å²) in [5, 5.41) is 2.85. The van der Waals surface area contributed by atoms with E-state index in [1.807, 2.05) is 0 Å². The van der Waals surface area contributed by atoms with E-state index in [1.54, 1.807) is 30.3 Å². The Bertz CT molecular complexity index is 576. The molecule has 0 aliphatic carbocycles. The molecule has 0 saturated heterocycles. The predicted octanol–water partition coefficient (Wildman–Crippen LogP) is 4.26. The number of aldehydes is 1. The zero-order chi connectivity index (χ0) is 13.9. The number of halogens is 3. The number of carbonyl (C=O) groups is 1. The van der Waals surface area contributed by atoms with Crippen molar-refractivity contribution in [1.29, 1.82) is 0 Å². The van der Waals surface area contributed by atoms with Crippen LogP contribution in [-0.2, 0) is 6.18 Å². The first kappa shape index (κ1) is 13.1. The van der Waals surface area contributed by atoms with Gasteiger partial charge in [0.2, 0.25) is 0 Å². The van der Waals surface area contributed by atoms with Crippen molar-refractivity contribution in [2.24, 2.45) is 0 Å². The summed E-state index contributed by atoms with van der Waals surface area (Å²) in [6.07, 6.45) is -3.66. The maximum Gasteiger partial charge on any atom is 0.416 e. The minimum atomic E-state index is -4.36. The molecule has 19 heavy (non-hydrogen) atoms. The number of carbonyl (C=O) groups excluding carboxylic acids is 1. The average Bonchev–Trinajstić information content (AvgIpc) is 2.39. The van der Waals surface area contributed by atoms with Gasteiger partial charge in [0.25, 0.3) is 0 Å². The maximum absolute atomic E-state index is 12.5. The topological polar surface area (TPSA) is 29.1 Å². The molecule has 1 N–H and O–H groups in total. The molecule has 0 aromatic heterocycles. The lowest BCUT2D eigenvalue weighted by molar-refractivity contribution is -0.137. The van der Waals surface area contributed by atoms with Crippen molar-refractivity contribution in [3.63, 3.8) is 0 Å². The second kappa shape index (κ2) is 5.14. The molecule has 2 aromatic carbocycles. The Morgan fingerprint density at radius 1 is 0.947 bits per heavy atom. The lowest BCUT2D eigenvalue weighted by Crippen LogP contribution is -2.05. The summed E-state index contributed by atoms with van der Waals surface area (Å²) in [5.41, 5.74) is 0.759. The van der Waals surface area contributed by atoms with Crippen molar-refractivity contribution in [2.75, 3.05) is 5.32 Å². The van der Waals surface area contributed by atoms with Crippen LogP contribution in [0.5, 0.6) is 0 Å². The second-order valence-corrected chi connectivity index (χ2v) is 3.94. The number of nitrogens with one attached hydrogen (secondary N) is 1. The summed E-state index contributed by atoms with van der Waals surface area (Å²) < 4.78 is 37.6. The van der Waals surface area contributed by atoms with Crippen LogP contribution in [0.1, 0.15) is 15.9 Å². The van der Waals surface area contributed by atoms with Crippen molar-refractivity contribution >= 4 is 17.7 Å². The molecule has 98 valence electrons. The molecule has 0 heterocycles. The van der Waals surface area contributed by atoms with Crippen LogP contribution in [0.4, 0.5) is 24.5 Å². The summed E-state index contributed by atoms with van der Waals surface area (Å²) in [6, 6.07) is 11.4. The van der Waals surface area contributed by atoms with Crippen molar-refractivity contribution in [2.45, 2.75) is 6.18 Å². The van der Waals surface area contributed by atoms with Gasteiger partial charge in [-0.25, -0.2) is 0 Å². The fourth-order valence-corrected chi connectivity index (χ4v) is 1.58. The summed E-state index contributed by atoms with van der Waals surface area (Å²) in [6.45, 7) is 0. The van der Waals surface area contributed by atoms with E-state index >= 15 is 0 Å². The van der Waals surface area contributed by atoms with Crippen LogP contribution < -0.4 is 5.32 Å². The van der Waals surface area contributed by atoms with E-state index in [1.165, 1.54) is 6.07 Å². The van der Waals surface area contributed by atoms with Gasteiger partial charge in [0, 0.05) is 16.9 Å². The first-order chi connectivity index (χ1) is 8.99. The minimum absolute atomic E-state index is 0.341. The molecule has 2 nitrogen and oxygen atoms in total. The van der Waals surface area contributed by atoms with Gasteiger partial charge < -0.3 is 5.32 Å². The normalized spacial score (nSPS) is 11.1. The van der Waals surface area contributed by atoms with Gasteiger partial charge in [0.15, 0.2) is 0 Å². The van der Waals surface area contributed by atoms with E-state index in [9.17, 15) is 18.0 Å². The van der Waals surface area contributed by atoms with Gasteiger partial charge in [-0.15, -0.1) is 0 Å². The monoisotopic (exact) mass is 265 g/mol. The molecule has 0 fully saturated rings. The molecule has 0 aliphatic rings. The van der Waals surface area contributed by atoms with E-state index in [0.29, 0.717) is 23.2 Å². The molecule has 2 aromatic rings. The van der Waals surface area contributed by atoms with Gasteiger partial charge in [-0.2, -0.15) is 13.2 Å². The van der Waals surface area contributed by atoms with Crippen LogP contribution in [0.2, 0.25) is 0 Å². The first-order valence-electron chi connectivity index (χ1n) is 5.48. The molecule has 0 atom stereocenters. The number of benzene rings is 2. The number of alkyl halides is 3. The van der Waals surface area contributed by atoms with Gasteiger partial charge >= 0.3 is 6.18 Å². The SMILES string of the molecule is O=Cc1ccc(Nc2cccc(C(F)(F)F)c2)cc1. The van der Waals surface area contributed by atoms with E-state index in [0.717, 1.165) is 12.1 Å². The molecule has 0 saturated carbocycles. The molecule has 0 spiro atoms. The van der Waals surface area contributed by atoms with Crippen LogP contribution in [0.3, 0.4) is 0 Å². The number of hydrogen-bond acceptors (Lipinski definition) is 2. The van der Waals surface area contributed by atoms with Crippen LogP contribution in [0.25, 0.3) is 0 Å². The van der Waals surface area contributed by atoms with Gasteiger partial charge in [0.1, 0.15) is 6.29 Å². The van der Waals surface area contributed by atoms with Crippen molar-refractivity contribution in [3.05, 3.63) is 59.7 Å². The highest BCUT2D eigenvalue weighted by atomic mass is 19.4. The summed E-state index contributed by atoms with van der Waals surface area (Å²) in [4.78, 5) is 10.5. The Hall–Kier alpha value is -2.30. The molecule has 0 unspecified atom stereocenters. The fourth-order valence-electron chi connectivity index (χ4n) is 1.58.